The minimum atomic E-state index is -0.494. The van der Waals surface area contributed by atoms with Crippen LogP contribution in [0.25, 0.3) is 0 Å². The highest BCUT2D eigenvalue weighted by molar-refractivity contribution is 5.86. The van der Waals surface area contributed by atoms with E-state index in [0.29, 0.717) is 32.2 Å². The van der Waals surface area contributed by atoms with Crippen molar-refractivity contribution < 1.29 is 28.6 Å². The predicted octanol–water partition coefficient (Wildman–Crippen LogP) is 2.37. The summed E-state index contributed by atoms with van der Waals surface area (Å²) in [5, 5.41) is 11.5. The van der Waals surface area contributed by atoms with Gasteiger partial charge in [-0.2, -0.15) is 0 Å². The third-order valence-electron chi connectivity index (χ3n) is 6.29. The van der Waals surface area contributed by atoms with E-state index in [1.165, 1.54) is 12.1 Å². The number of aliphatic hydroxyl groups excluding tert-OH is 1. The van der Waals surface area contributed by atoms with Gasteiger partial charge in [-0.3, -0.25) is 14.4 Å². The lowest BCUT2D eigenvalue weighted by atomic mass is 9.94. The number of ether oxygens (including phenoxy) is 1. The lowest BCUT2D eigenvalue weighted by Crippen LogP contribution is -2.43. The molecule has 0 bridgehead atoms. The molecule has 0 aliphatic carbocycles. The molecule has 0 saturated carbocycles. The molecule has 2 N–H and O–H groups in total. The van der Waals surface area contributed by atoms with Gasteiger partial charge >= 0.3 is 5.97 Å². The number of aliphatic hydroxyl groups is 1. The van der Waals surface area contributed by atoms with E-state index in [9.17, 15) is 18.8 Å². The van der Waals surface area contributed by atoms with Gasteiger partial charge in [0.25, 0.3) is 0 Å². The lowest BCUT2D eigenvalue weighted by molar-refractivity contribution is -0.152. The van der Waals surface area contributed by atoms with Gasteiger partial charge in [0.15, 0.2) is 0 Å². The summed E-state index contributed by atoms with van der Waals surface area (Å²) < 4.78 is 18.9. The Balaban J connectivity index is 1.72. The van der Waals surface area contributed by atoms with Crippen LogP contribution in [0.5, 0.6) is 0 Å². The average molecular weight is 461 g/mol. The van der Waals surface area contributed by atoms with Gasteiger partial charge in [-0.25, -0.2) is 4.39 Å². The van der Waals surface area contributed by atoms with Crippen LogP contribution in [-0.4, -0.2) is 60.1 Å². The van der Waals surface area contributed by atoms with Crippen LogP contribution in [0.2, 0.25) is 0 Å². The number of halogens is 1. The Morgan fingerprint density at radius 2 is 1.94 bits per heavy atom. The van der Waals surface area contributed by atoms with Gasteiger partial charge in [-0.05, 0) is 56.2 Å². The minimum Gasteiger partial charge on any atom is -0.463 e. The molecule has 7 nitrogen and oxygen atoms in total. The van der Waals surface area contributed by atoms with Gasteiger partial charge < -0.3 is 20.1 Å². The Bertz CT molecular complexity index is 842. The van der Waals surface area contributed by atoms with Crippen LogP contribution in [0.1, 0.15) is 44.1 Å². The van der Waals surface area contributed by atoms with Gasteiger partial charge in [0.05, 0.1) is 24.5 Å². The molecule has 8 heteroatoms. The molecule has 1 aromatic rings. The van der Waals surface area contributed by atoms with E-state index in [0.717, 1.165) is 18.4 Å². The van der Waals surface area contributed by atoms with Crippen molar-refractivity contribution in [2.45, 2.75) is 51.0 Å². The number of hydrogen-bond donors (Lipinski definition) is 2. The van der Waals surface area contributed by atoms with Gasteiger partial charge in [0.2, 0.25) is 11.8 Å². The Morgan fingerprint density at radius 3 is 2.70 bits per heavy atom. The van der Waals surface area contributed by atoms with E-state index in [-0.39, 0.29) is 61.7 Å². The zero-order valence-electron chi connectivity index (χ0n) is 18.9. The second-order valence-corrected chi connectivity index (χ2v) is 8.74. The van der Waals surface area contributed by atoms with Crippen LogP contribution in [0.4, 0.5) is 4.39 Å². The number of rotatable bonds is 6. The van der Waals surface area contributed by atoms with Gasteiger partial charge in [0, 0.05) is 19.5 Å². The molecule has 180 valence electrons. The summed E-state index contributed by atoms with van der Waals surface area (Å²) >= 11 is 0. The quantitative estimate of drug-likeness (QED) is 0.502. The van der Waals surface area contributed by atoms with Crippen LogP contribution in [0.3, 0.4) is 0 Å². The largest absolute Gasteiger partial charge is 0.463 e. The molecule has 3 rings (SSSR count). The van der Waals surface area contributed by atoms with E-state index in [2.05, 4.69) is 5.32 Å². The van der Waals surface area contributed by atoms with Crippen molar-refractivity contribution >= 4 is 17.8 Å². The molecule has 2 heterocycles. The highest BCUT2D eigenvalue weighted by Crippen LogP contribution is 2.25. The molecule has 3 atom stereocenters. The number of nitrogens with zero attached hydrogens (tertiary/aromatic N) is 1. The first-order valence-corrected chi connectivity index (χ1v) is 11.7. The number of cyclic esters (lactones) is 1. The van der Waals surface area contributed by atoms with E-state index < -0.39 is 5.92 Å². The highest BCUT2D eigenvalue weighted by Gasteiger charge is 2.35. The fraction of sp³-hybridized carbons (Fsp3) is 0.560. The maximum absolute atomic E-state index is 13.2. The van der Waals surface area contributed by atoms with Crippen molar-refractivity contribution in [3.05, 3.63) is 47.8 Å². The molecule has 1 fully saturated rings. The maximum Gasteiger partial charge on any atom is 0.309 e. The molecule has 0 aromatic heterocycles. The highest BCUT2D eigenvalue weighted by atomic mass is 19.1. The van der Waals surface area contributed by atoms with Crippen molar-refractivity contribution in [3.8, 4) is 0 Å². The normalized spacial score (nSPS) is 25.3. The number of allylic oxidation sites excluding steroid dienone is 2. The molecule has 1 aromatic carbocycles. The fourth-order valence-corrected chi connectivity index (χ4v) is 4.48. The fourth-order valence-electron chi connectivity index (χ4n) is 4.48. The number of carbonyl (C=O) groups is 3. The van der Waals surface area contributed by atoms with Crippen molar-refractivity contribution in [1.82, 2.24) is 10.2 Å². The molecule has 33 heavy (non-hydrogen) atoms. The van der Waals surface area contributed by atoms with Crippen LogP contribution in [0.15, 0.2) is 36.4 Å². The van der Waals surface area contributed by atoms with Crippen LogP contribution >= 0.6 is 0 Å². The zero-order valence-corrected chi connectivity index (χ0v) is 18.9. The monoisotopic (exact) mass is 460 g/mol. The first kappa shape index (κ1) is 24.9. The van der Waals surface area contributed by atoms with Crippen molar-refractivity contribution in [1.29, 1.82) is 0 Å². The van der Waals surface area contributed by atoms with Crippen LogP contribution in [0, 0.1) is 17.7 Å². The maximum atomic E-state index is 13.2. The van der Waals surface area contributed by atoms with E-state index >= 15 is 0 Å². The second-order valence-electron chi connectivity index (χ2n) is 8.74. The molecular formula is C25H33FN2O5. The molecule has 0 spiro atoms. The summed E-state index contributed by atoms with van der Waals surface area (Å²) in [6, 6.07) is 5.95. The standard InChI is InChI=1S/C25H33FN2O5/c26-21-10-8-18(9-11-21)15-20-6-3-1-2-5-19(16-23(30)27-12-14-29)24(31)28-13-4-7-22(28)17-33-25(20)32/h1-2,8-11,19-20,22,29H,3-7,12-17H2,(H,27,30)/b2-1-/t19-,20-,22-/m0/s1. The SMILES string of the molecule is O=C(C[C@@H]1C/C=C\CC[C@@H](Cc2ccc(F)cc2)C(=O)OC[C@@H]2CCCN2C1=O)NCCO. The first-order valence-electron chi connectivity index (χ1n) is 11.7. The zero-order chi connectivity index (χ0) is 23.6. The first-order chi connectivity index (χ1) is 16.0. The number of benzene rings is 1. The molecular weight excluding hydrogens is 427 g/mol. The molecule has 2 amide bonds. The Kier molecular flexibility index (Phi) is 9.42. The van der Waals surface area contributed by atoms with E-state index in [1.54, 1.807) is 17.0 Å². The third kappa shape index (κ3) is 7.39. The smallest absolute Gasteiger partial charge is 0.309 e. The number of nitrogens with one attached hydrogen (secondary N) is 1. The summed E-state index contributed by atoms with van der Waals surface area (Å²) in [5.41, 5.74) is 0.873. The number of fused-ring (bicyclic) bond motifs is 1. The lowest BCUT2D eigenvalue weighted by Gasteiger charge is -2.28. The summed E-state index contributed by atoms with van der Waals surface area (Å²) in [5.74, 6) is -1.82. The number of carbonyl (C=O) groups excluding carboxylic acids is 3. The molecule has 0 unspecified atom stereocenters. The minimum absolute atomic E-state index is 0.0549. The van der Waals surface area contributed by atoms with Gasteiger partial charge in [0.1, 0.15) is 12.4 Å². The summed E-state index contributed by atoms with van der Waals surface area (Å²) in [7, 11) is 0. The topological polar surface area (TPSA) is 95.9 Å². The Labute approximate surface area is 194 Å². The summed E-state index contributed by atoms with van der Waals surface area (Å²) in [6.45, 7) is 0.732. The van der Waals surface area contributed by atoms with Gasteiger partial charge in [-0.15, -0.1) is 0 Å². The molecule has 1 saturated heterocycles. The Morgan fingerprint density at radius 1 is 1.15 bits per heavy atom. The van der Waals surface area contributed by atoms with Gasteiger partial charge in [-0.1, -0.05) is 24.3 Å². The average Bonchev–Trinajstić information content (AvgIpc) is 3.28. The van der Waals surface area contributed by atoms with Crippen molar-refractivity contribution in [3.63, 3.8) is 0 Å². The third-order valence-corrected chi connectivity index (χ3v) is 6.29. The van der Waals surface area contributed by atoms with E-state index in [4.69, 9.17) is 9.84 Å². The second kappa shape index (κ2) is 12.5. The van der Waals surface area contributed by atoms with Crippen LogP contribution < -0.4 is 5.32 Å². The Hall–Kier alpha value is -2.74. The predicted molar refractivity (Wildman–Crippen MR) is 120 cm³/mol. The molecule has 2 aliphatic heterocycles. The molecule has 2 aliphatic rings. The van der Waals surface area contributed by atoms with Crippen molar-refractivity contribution in [2.24, 2.45) is 11.8 Å². The summed E-state index contributed by atoms with van der Waals surface area (Å²) in [6.07, 6.45) is 7.59. The van der Waals surface area contributed by atoms with Crippen LogP contribution in [-0.2, 0) is 25.5 Å². The number of amides is 2. The van der Waals surface area contributed by atoms with Crippen molar-refractivity contribution in [2.75, 3.05) is 26.3 Å². The summed E-state index contributed by atoms with van der Waals surface area (Å²) in [4.78, 5) is 40.1. The number of hydrogen-bond acceptors (Lipinski definition) is 5. The number of esters is 1. The molecule has 0 radical (unpaired) electrons. The van der Waals surface area contributed by atoms with E-state index in [1.807, 2.05) is 12.2 Å².